The molecule has 1 unspecified atom stereocenters. The summed E-state index contributed by atoms with van der Waals surface area (Å²) in [6.45, 7) is 1.73. The van der Waals surface area contributed by atoms with Crippen LogP contribution in [0.4, 0.5) is 26.3 Å². The van der Waals surface area contributed by atoms with Gasteiger partial charge in [-0.25, -0.2) is 0 Å². The average molecular weight is 547 g/mol. The number of piperidine rings is 1. The van der Waals surface area contributed by atoms with E-state index in [1.165, 1.54) is 32.1 Å². The molecule has 2 aliphatic rings. The standard InChI is InChI=1S/C32H34F6N/c33-31(34,35)26-19-22(20-27(21-26)32(36,37)38)13-14-30(29-12-6-10-25-9-4-5-11-28(25)29)39-17-15-24(16-18-39)23-7-2-1-3-8-23/h4-6,9-12,14,19-21,23-24,30H,1-3,7-8,13,15-18H2. The Bertz CT molecular complexity index is 1210. The Morgan fingerprint density at radius 2 is 1.31 bits per heavy atom. The first-order chi connectivity index (χ1) is 18.6. The maximum Gasteiger partial charge on any atom is 0.416 e. The van der Waals surface area contributed by atoms with Crippen LogP contribution in [0.2, 0.25) is 0 Å². The van der Waals surface area contributed by atoms with Gasteiger partial charge in [-0.15, -0.1) is 0 Å². The summed E-state index contributed by atoms with van der Waals surface area (Å²) in [5.41, 5.74) is -1.49. The Labute approximate surface area is 226 Å². The van der Waals surface area contributed by atoms with E-state index in [-0.39, 0.29) is 24.1 Å². The second-order valence-electron chi connectivity index (χ2n) is 11.1. The van der Waals surface area contributed by atoms with E-state index >= 15 is 0 Å². The van der Waals surface area contributed by atoms with Crippen LogP contribution < -0.4 is 0 Å². The number of likely N-dealkylation sites (tertiary alicyclic amines) is 1. The number of alkyl halides is 6. The quantitative estimate of drug-likeness (QED) is 0.278. The fraction of sp³-hybridized carbons (Fsp3) is 0.469. The van der Waals surface area contributed by atoms with E-state index in [4.69, 9.17) is 0 Å². The third-order valence-corrected chi connectivity index (χ3v) is 8.65. The zero-order valence-corrected chi connectivity index (χ0v) is 21.9. The van der Waals surface area contributed by atoms with Crippen LogP contribution in [0.15, 0.2) is 60.7 Å². The molecule has 1 saturated carbocycles. The van der Waals surface area contributed by atoms with Gasteiger partial charge in [0.2, 0.25) is 0 Å². The van der Waals surface area contributed by atoms with E-state index in [9.17, 15) is 26.3 Å². The molecule has 0 spiro atoms. The molecule has 0 amide bonds. The number of nitrogens with zero attached hydrogens (tertiary/aromatic N) is 1. The van der Waals surface area contributed by atoms with Gasteiger partial charge in [0, 0.05) is 6.04 Å². The van der Waals surface area contributed by atoms with E-state index in [1.807, 2.05) is 48.9 Å². The van der Waals surface area contributed by atoms with E-state index in [0.717, 1.165) is 60.3 Å². The van der Waals surface area contributed by atoms with Crippen molar-refractivity contribution in [2.45, 2.75) is 69.8 Å². The predicted octanol–water partition coefficient (Wildman–Crippen LogP) is 9.66. The van der Waals surface area contributed by atoms with Gasteiger partial charge in [0.05, 0.1) is 11.1 Å². The van der Waals surface area contributed by atoms with Crippen molar-refractivity contribution in [3.05, 3.63) is 89.3 Å². The van der Waals surface area contributed by atoms with Gasteiger partial charge in [-0.2, -0.15) is 26.3 Å². The molecule has 1 aliphatic heterocycles. The normalized spacial score (nSPS) is 19.4. The van der Waals surface area contributed by atoms with Crippen LogP contribution in [0.3, 0.4) is 0 Å². The Morgan fingerprint density at radius 1 is 0.718 bits per heavy atom. The third-order valence-electron chi connectivity index (χ3n) is 8.65. The summed E-state index contributed by atoms with van der Waals surface area (Å²) >= 11 is 0. The summed E-state index contributed by atoms with van der Waals surface area (Å²) in [4.78, 5) is 2.36. The van der Waals surface area contributed by atoms with Gasteiger partial charge in [-0.3, -0.25) is 4.90 Å². The van der Waals surface area contributed by atoms with Crippen molar-refractivity contribution in [3.63, 3.8) is 0 Å². The van der Waals surface area contributed by atoms with Crippen LogP contribution in [0.5, 0.6) is 0 Å². The number of fused-ring (bicyclic) bond motifs is 1. The Hall–Kier alpha value is -2.54. The lowest BCUT2D eigenvalue weighted by Gasteiger charge is -2.41. The first-order valence-electron chi connectivity index (χ1n) is 13.9. The Morgan fingerprint density at radius 3 is 1.95 bits per heavy atom. The summed E-state index contributed by atoms with van der Waals surface area (Å²) < 4.78 is 80.8. The zero-order chi connectivity index (χ0) is 27.6. The highest BCUT2D eigenvalue weighted by Gasteiger charge is 2.37. The molecule has 0 aromatic heterocycles. The summed E-state index contributed by atoms with van der Waals surface area (Å²) in [6, 6.07) is 15.7. The molecule has 1 heterocycles. The van der Waals surface area contributed by atoms with Crippen LogP contribution in [-0.2, 0) is 18.8 Å². The third kappa shape index (κ3) is 6.62. The molecular weight excluding hydrogens is 512 g/mol. The molecule has 0 N–H and O–H groups in total. The molecule has 1 saturated heterocycles. The topological polar surface area (TPSA) is 3.24 Å². The summed E-state index contributed by atoms with van der Waals surface area (Å²) in [6.07, 6.45) is 0.839. The molecule has 209 valence electrons. The molecule has 3 aromatic rings. The molecule has 3 aromatic carbocycles. The summed E-state index contributed by atoms with van der Waals surface area (Å²) in [5, 5.41) is 2.11. The molecule has 1 aliphatic carbocycles. The minimum absolute atomic E-state index is 0.00341. The Kier molecular flexibility index (Phi) is 8.27. The molecule has 1 nitrogen and oxygen atoms in total. The minimum Gasteiger partial charge on any atom is -0.296 e. The van der Waals surface area contributed by atoms with Gasteiger partial charge in [-0.1, -0.05) is 74.6 Å². The summed E-state index contributed by atoms with van der Waals surface area (Å²) in [5.74, 6) is 1.46. The van der Waals surface area contributed by atoms with E-state index in [2.05, 4.69) is 4.90 Å². The molecule has 7 heteroatoms. The number of hydrogen-bond acceptors (Lipinski definition) is 1. The van der Waals surface area contributed by atoms with Crippen molar-refractivity contribution in [3.8, 4) is 0 Å². The fourth-order valence-electron chi connectivity index (χ4n) is 6.64. The molecule has 1 atom stereocenters. The lowest BCUT2D eigenvalue weighted by molar-refractivity contribution is -0.143. The van der Waals surface area contributed by atoms with Crippen LogP contribution in [0.1, 0.15) is 73.2 Å². The van der Waals surface area contributed by atoms with E-state index < -0.39 is 23.5 Å². The van der Waals surface area contributed by atoms with Crippen LogP contribution in [-0.4, -0.2) is 18.0 Å². The average Bonchev–Trinajstić information content (AvgIpc) is 2.93. The largest absolute Gasteiger partial charge is 0.416 e. The van der Waals surface area contributed by atoms with Gasteiger partial charge in [0.1, 0.15) is 0 Å². The fourth-order valence-corrected chi connectivity index (χ4v) is 6.64. The van der Waals surface area contributed by atoms with E-state index in [1.54, 1.807) is 0 Å². The monoisotopic (exact) mass is 546 g/mol. The molecule has 1 radical (unpaired) electrons. The first-order valence-corrected chi connectivity index (χ1v) is 13.9. The van der Waals surface area contributed by atoms with Crippen molar-refractivity contribution in [1.82, 2.24) is 4.90 Å². The van der Waals surface area contributed by atoms with Crippen LogP contribution in [0, 0.1) is 18.3 Å². The molecule has 39 heavy (non-hydrogen) atoms. The lowest BCUT2D eigenvalue weighted by atomic mass is 9.75. The van der Waals surface area contributed by atoms with Crippen LogP contribution >= 0.6 is 0 Å². The smallest absolute Gasteiger partial charge is 0.296 e. The highest BCUT2D eigenvalue weighted by molar-refractivity contribution is 5.86. The second-order valence-corrected chi connectivity index (χ2v) is 11.1. The van der Waals surface area contributed by atoms with Gasteiger partial charge >= 0.3 is 12.4 Å². The maximum absolute atomic E-state index is 13.5. The number of halogens is 6. The summed E-state index contributed by atoms with van der Waals surface area (Å²) in [7, 11) is 0. The zero-order valence-electron chi connectivity index (χ0n) is 21.9. The number of hydrogen-bond donors (Lipinski definition) is 0. The lowest BCUT2D eigenvalue weighted by Crippen LogP contribution is -2.39. The van der Waals surface area contributed by atoms with Crippen molar-refractivity contribution in [2.24, 2.45) is 11.8 Å². The van der Waals surface area contributed by atoms with Gasteiger partial charge < -0.3 is 0 Å². The van der Waals surface area contributed by atoms with Crippen molar-refractivity contribution in [1.29, 1.82) is 0 Å². The Balaban J connectivity index is 1.42. The second kappa shape index (κ2) is 11.5. The molecular formula is C32H34F6N. The highest BCUT2D eigenvalue weighted by atomic mass is 19.4. The molecule has 2 fully saturated rings. The van der Waals surface area contributed by atoms with Crippen molar-refractivity contribution >= 4 is 10.8 Å². The first kappa shape index (κ1) is 28.0. The molecule has 5 rings (SSSR count). The number of rotatable bonds is 6. The highest BCUT2D eigenvalue weighted by Crippen LogP contribution is 2.40. The van der Waals surface area contributed by atoms with Crippen molar-refractivity contribution < 1.29 is 26.3 Å². The molecule has 0 bridgehead atoms. The number of benzene rings is 3. The SMILES string of the molecule is FC(F)(F)c1cc(C[CH]C(c2cccc3ccccc23)N2CCC(C3CCCCC3)CC2)cc(C(F)(F)F)c1. The van der Waals surface area contributed by atoms with E-state index in [0.29, 0.717) is 5.92 Å². The van der Waals surface area contributed by atoms with Crippen molar-refractivity contribution in [2.75, 3.05) is 13.1 Å². The van der Waals surface area contributed by atoms with Gasteiger partial charge in [0.25, 0.3) is 0 Å². The van der Waals surface area contributed by atoms with Crippen LogP contribution in [0.25, 0.3) is 10.8 Å². The maximum atomic E-state index is 13.5. The minimum atomic E-state index is -4.86. The van der Waals surface area contributed by atoms with Gasteiger partial charge in [0.15, 0.2) is 0 Å². The van der Waals surface area contributed by atoms with Gasteiger partial charge in [-0.05, 0) is 90.7 Å². The predicted molar refractivity (Wildman–Crippen MR) is 142 cm³/mol.